The molecule has 33 heavy (non-hydrogen) atoms. The third-order valence-electron chi connectivity index (χ3n) is 5.60. The first-order valence-electron chi connectivity index (χ1n) is 10.7. The van der Waals surface area contributed by atoms with Crippen LogP contribution in [0.2, 0.25) is 0 Å². The van der Waals surface area contributed by atoms with Crippen LogP contribution in [0.4, 0.5) is 5.69 Å². The Morgan fingerprint density at radius 1 is 1.06 bits per heavy atom. The lowest BCUT2D eigenvalue weighted by Gasteiger charge is -2.19. The molecular weight excluding hydrogens is 446 g/mol. The Labute approximate surface area is 194 Å². The number of nitrogens with one attached hydrogen (secondary N) is 1. The van der Waals surface area contributed by atoms with Crippen molar-refractivity contribution in [2.24, 2.45) is 0 Å². The van der Waals surface area contributed by atoms with E-state index >= 15 is 0 Å². The first kappa shape index (κ1) is 24.5. The smallest absolute Gasteiger partial charge is 0.251 e. The third-order valence-corrected chi connectivity index (χ3v) is 7.66. The molecule has 0 aliphatic carbocycles. The molecule has 1 aliphatic rings. The summed E-state index contributed by atoms with van der Waals surface area (Å²) >= 11 is 0. The lowest BCUT2D eigenvalue weighted by atomic mass is 10.2. The van der Waals surface area contributed by atoms with Crippen LogP contribution in [0.5, 0.6) is 11.5 Å². The Morgan fingerprint density at radius 2 is 1.70 bits per heavy atom. The number of carbonyl (C=O) groups excluding carboxylic acids is 2. The van der Waals surface area contributed by atoms with Gasteiger partial charge in [0.25, 0.3) is 5.91 Å². The van der Waals surface area contributed by atoms with Crippen molar-refractivity contribution < 1.29 is 27.5 Å². The van der Waals surface area contributed by atoms with Gasteiger partial charge >= 0.3 is 0 Å². The molecule has 9 nitrogen and oxygen atoms in total. The van der Waals surface area contributed by atoms with Gasteiger partial charge in [-0.2, -0.15) is 4.31 Å². The standard InChI is InChI=1S/C23H29N3O6S/c1-5-25(6-2)33(29,30)19-10-7-16(8-11-19)23(28)24-17-13-22(27)26(15-17)18-9-12-20(31-3)21(14-18)32-4/h7-12,14,17H,5-6,13,15H2,1-4H3,(H,24,28)/t17-/m0/s1. The molecule has 1 N–H and O–H groups in total. The molecule has 1 atom stereocenters. The van der Waals surface area contributed by atoms with Crippen LogP contribution in [-0.2, 0) is 14.8 Å². The molecule has 0 spiro atoms. The molecule has 1 fully saturated rings. The highest BCUT2D eigenvalue weighted by Crippen LogP contribution is 2.33. The van der Waals surface area contributed by atoms with Gasteiger partial charge in [-0.25, -0.2) is 8.42 Å². The molecule has 10 heteroatoms. The van der Waals surface area contributed by atoms with E-state index in [-0.39, 0.29) is 29.2 Å². The largest absolute Gasteiger partial charge is 0.493 e. The molecule has 1 saturated heterocycles. The van der Waals surface area contributed by atoms with Crippen LogP contribution in [0, 0.1) is 0 Å². The average Bonchev–Trinajstić information content (AvgIpc) is 3.18. The van der Waals surface area contributed by atoms with Crippen molar-refractivity contribution in [3.8, 4) is 11.5 Å². The van der Waals surface area contributed by atoms with Crippen LogP contribution in [0.15, 0.2) is 47.4 Å². The second kappa shape index (κ2) is 10.2. The minimum atomic E-state index is -3.59. The molecule has 1 aliphatic heterocycles. The Morgan fingerprint density at radius 3 is 2.27 bits per heavy atom. The highest BCUT2D eigenvalue weighted by molar-refractivity contribution is 7.89. The highest BCUT2D eigenvalue weighted by Gasteiger charge is 2.32. The minimum absolute atomic E-state index is 0.117. The molecule has 3 rings (SSSR count). The van der Waals surface area contributed by atoms with E-state index in [4.69, 9.17) is 9.47 Å². The van der Waals surface area contributed by atoms with Crippen molar-refractivity contribution in [3.05, 3.63) is 48.0 Å². The van der Waals surface area contributed by atoms with Gasteiger partial charge in [-0.3, -0.25) is 9.59 Å². The normalized spacial score (nSPS) is 16.2. The molecular formula is C23H29N3O6S. The van der Waals surface area contributed by atoms with Gasteiger partial charge in [0.1, 0.15) is 0 Å². The number of methoxy groups -OCH3 is 2. The summed E-state index contributed by atoms with van der Waals surface area (Å²) in [7, 11) is -0.531. The number of benzene rings is 2. The molecule has 0 saturated carbocycles. The average molecular weight is 476 g/mol. The summed E-state index contributed by atoms with van der Waals surface area (Å²) < 4.78 is 37.1. The van der Waals surface area contributed by atoms with E-state index in [1.54, 1.807) is 36.9 Å². The zero-order chi connectivity index (χ0) is 24.2. The topological polar surface area (TPSA) is 105 Å². The maximum absolute atomic E-state index is 12.7. The SMILES string of the molecule is CCN(CC)S(=O)(=O)c1ccc(C(=O)N[C@H]2CC(=O)N(c3ccc(OC)c(OC)c3)C2)cc1. The van der Waals surface area contributed by atoms with E-state index in [2.05, 4.69) is 5.32 Å². The van der Waals surface area contributed by atoms with Crippen LogP contribution < -0.4 is 19.7 Å². The maximum Gasteiger partial charge on any atom is 0.251 e. The van der Waals surface area contributed by atoms with Crippen LogP contribution in [0.3, 0.4) is 0 Å². The highest BCUT2D eigenvalue weighted by atomic mass is 32.2. The van der Waals surface area contributed by atoms with Gasteiger partial charge in [0.2, 0.25) is 15.9 Å². The van der Waals surface area contributed by atoms with Gasteiger partial charge in [0.05, 0.1) is 25.2 Å². The van der Waals surface area contributed by atoms with Crippen molar-refractivity contribution in [1.82, 2.24) is 9.62 Å². The molecule has 178 valence electrons. The van der Waals surface area contributed by atoms with Crippen molar-refractivity contribution in [3.63, 3.8) is 0 Å². The third kappa shape index (κ3) is 5.12. The lowest BCUT2D eigenvalue weighted by Crippen LogP contribution is -2.37. The summed E-state index contributed by atoms with van der Waals surface area (Å²) in [5, 5.41) is 2.86. The van der Waals surface area contributed by atoms with Crippen LogP contribution in [0.25, 0.3) is 0 Å². The van der Waals surface area contributed by atoms with Crippen molar-refractivity contribution in [2.75, 3.05) is 38.8 Å². The van der Waals surface area contributed by atoms with Crippen molar-refractivity contribution in [2.45, 2.75) is 31.2 Å². The summed E-state index contributed by atoms with van der Waals surface area (Å²) in [5.74, 6) is 0.584. The van der Waals surface area contributed by atoms with Gasteiger partial charge < -0.3 is 19.7 Å². The van der Waals surface area contributed by atoms with E-state index in [1.165, 1.54) is 42.8 Å². The molecule has 0 bridgehead atoms. The fourth-order valence-electron chi connectivity index (χ4n) is 3.81. The first-order chi connectivity index (χ1) is 15.7. The number of carbonyl (C=O) groups is 2. The van der Waals surface area contributed by atoms with Crippen LogP contribution in [-0.4, -0.2) is 64.4 Å². The summed E-state index contributed by atoms with van der Waals surface area (Å²) in [6.07, 6.45) is 0.161. The number of hydrogen-bond donors (Lipinski definition) is 1. The second-order valence-electron chi connectivity index (χ2n) is 7.53. The van der Waals surface area contributed by atoms with E-state index < -0.39 is 10.0 Å². The number of amides is 2. The number of rotatable bonds is 9. The molecule has 0 unspecified atom stereocenters. The molecule has 2 amide bonds. The first-order valence-corrected chi connectivity index (χ1v) is 12.1. The zero-order valence-corrected chi connectivity index (χ0v) is 20.0. The molecule has 1 heterocycles. The van der Waals surface area contributed by atoms with Gasteiger partial charge in [-0.1, -0.05) is 13.8 Å². The number of anilines is 1. The van der Waals surface area contributed by atoms with Gasteiger partial charge in [0.15, 0.2) is 11.5 Å². The zero-order valence-electron chi connectivity index (χ0n) is 19.2. The van der Waals surface area contributed by atoms with E-state index in [9.17, 15) is 18.0 Å². The Kier molecular flexibility index (Phi) is 7.60. The number of hydrogen-bond acceptors (Lipinski definition) is 6. The molecule has 2 aromatic carbocycles. The Balaban J connectivity index is 1.69. The van der Waals surface area contributed by atoms with Crippen LogP contribution in [0.1, 0.15) is 30.6 Å². The molecule has 0 radical (unpaired) electrons. The maximum atomic E-state index is 12.7. The fourth-order valence-corrected chi connectivity index (χ4v) is 5.26. The van der Waals surface area contributed by atoms with Gasteiger partial charge in [-0.05, 0) is 36.4 Å². The van der Waals surface area contributed by atoms with Gasteiger partial charge in [-0.15, -0.1) is 0 Å². The summed E-state index contributed by atoms with van der Waals surface area (Å²) in [4.78, 5) is 27.0. The summed E-state index contributed by atoms with van der Waals surface area (Å²) in [6.45, 7) is 4.60. The monoisotopic (exact) mass is 475 g/mol. The van der Waals surface area contributed by atoms with Crippen LogP contribution >= 0.6 is 0 Å². The quantitative estimate of drug-likeness (QED) is 0.597. The Hall–Kier alpha value is -3.11. The van der Waals surface area contributed by atoms with Crippen molar-refractivity contribution >= 4 is 27.5 Å². The van der Waals surface area contributed by atoms with E-state index in [0.717, 1.165) is 0 Å². The summed E-state index contributed by atoms with van der Waals surface area (Å²) in [5.41, 5.74) is 0.978. The van der Waals surface area contributed by atoms with Crippen molar-refractivity contribution in [1.29, 1.82) is 0 Å². The Bertz CT molecular complexity index is 1110. The van der Waals surface area contributed by atoms with E-state index in [0.29, 0.717) is 42.4 Å². The number of nitrogens with zero attached hydrogens (tertiary/aromatic N) is 2. The molecule has 0 aromatic heterocycles. The predicted octanol–water partition coefficient (Wildman–Crippen LogP) is 2.27. The predicted molar refractivity (Wildman–Crippen MR) is 124 cm³/mol. The number of ether oxygens (including phenoxy) is 2. The van der Waals surface area contributed by atoms with Gasteiger partial charge in [0, 0.05) is 43.4 Å². The fraction of sp³-hybridized carbons (Fsp3) is 0.391. The minimum Gasteiger partial charge on any atom is -0.493 e. The molecule has 2 aromatic rings. The summed E-state index contributed by atoms with van der Waals surface area (Å²) in [6, 6.07) is 10.6. The van der Waals surface area contributed by atoms with E-state index in [1.807, 2.05) is 0 Å². The second-order valence-corrected chi connectivity index (χ2v) is 9.47. The lowest BCUT2D eigenvalue weighted by molar-refractivity contribution is -0.117. The number of sulfonamides is 1.